The molecule has 50 heavy (non-hydrogen) atoms. The Kier molecular flexibility index (Phi) is 9.61. The van der Waals surface area contributed by atoms with Crippen LogP contribution in [-0.2, 0) is 33.8 Å². The van der Waals surface area contributed by atoms with Crippen molar-refractivity contribution in [1.29, 1.82) is 0 Å². The molecular formula is C37H46N10O3. The van der Waals surface area contributed by atoms with Gasteiger partial charge in [-0.2, -0.15) is 20.2 Å². The van der Waals surface area contributed by atoms with E-state index in [0.717, 1.165) is 45.4 Å². The van der Waals surface area contributed by atoms with E-state index >= 15 is 0 Å². The van der Waals surface area contributed by atoms with Crippen molar-refractivity contribution in [3.8, 4) is 0 Å². The Morgan fingerprint density at radius 2 is 1.20 bits per heavy atom. The fourth-order valence-electron chi connectivity index (χ4n) is 7.02. The highest BCUT2D eigenvalue weighted by Gasteiger charge is 2.23. The largest absolute Gasteiger partial charge is 0.392 e. The molecule has 4 heterocycles. The minimum absolute atomic E-state index is 0.0512. The van der Waals surface area contributed by atoms with E-state index in [4.69, 9.17) is 0 Å². The molecule has 6 aromatic rings. The van der Waals surface area contributed by atoms with E-state index in [0.29, 0.717) is 42.1 Å². The molecule has 0 radical (unpaired) electrons. The quantitative estimate of drug-likeness (QED) is 0.220. The molecule has 0 fully saturated rings. The molecule has 1 N–H and O–H groups in total. The van der Waals surface area contributed by atoms with Gasteiger partial charge in [-0.3, -0.25) is 19.0 Å². The minimum atomic E-state index is -0.375. The minimum Gasteiger partial charge on any atom is -0.392 e. The highest BCUT2D eigenvalue weighted by molar-refractivity contribution is 5.94. The Bertz CT molecular complexity index is 2380. The van der Waals surface area contributed by atoms with E-state index in [9.17, 15) is 14.7 Å². The highest BCUT2D eigenvalue weighted by Crippen LogP contribution is 2.27. The SMILES string of the molecule is CCn1nc(C)cc1C(=O)N=c1n(C)c2ccccc2n1[C@H](C)CC[C@@H](C)n1c(=NC(=O)c2cc(C)nn2CC)n(C)c2cccc(CO)c21. The maximum atomic E-state index is 13.7. The third kappa shape index (κ3) is 6.06. The Morgan fingerprint density at radius 1 is 0.720 bits per heavy atom. The number of fused-ring (bicyclic) bond motifs is 2. The van der Waals surface area contributed by atoms with Crippen LogP contribution in [0.25, 0.3) is 22.1 Å². The third-order valence-corrected chi connectivity index (χ3v) is 9.53. The first kappa shape index (κ1) is 34.6. The number of carbonyl (C=O) groups is 2. The summed E-state index contributed by atoms with van der Waals surface area (Å²) in [6, 6.07) is 17.2. The summed E-state index contributed by atoms with van der Waals surface area (Å²) in [5, 5.41) is 19.3. The molecule has 6 rings (SSSR count). The van der Waals surface area contributed by atoms with Crippen molar-refractivity contribution in [2.75, 3.05) is 0 Å². The molecule has 262 valence electrons. The zero-order valence-electron chi connectivity index (χ0n) is 30.1. The molecule has 4 aromatic heterocycles. The van der Waals surface area contributed by atoms with Crippen molar-refractivity contribution < 1.29 is 14.7 Å². The molecule has 2 aromatic carbocycles. The molecule has 13 nitrogen and oxygen atoms in total. The first-order chi connectivity index (χ1) is 24.0. The number of benzene rings is 2. The standard InChI is InChI=1S/C37H46N10O3/c1-9-44-31(20-23(3)40-44)34(49)38-36-42(7)28-15-11-12-16-29(28)46(36)25(5)18-19-26(6)47-33-27(22-48)14-13-17-30(33)43(8)37(47)39-35(50)32-21-24(4)41-45(32)10-2/h11-17,20-21,25-26,48H,9-10,18-19,22H2,1-8H3/t25-,26-/m1/s1. The Balaban J connectivity index is 1.41. The van der Waals surface area contributed by atoms with E-state index in [1.165, 1.54) is 0 Å². The third-order valence-electron chi connectivity index (χ3n) is 9.53. The number of aliphatic hydroxyl groups is 1. The Labute approximate surface area is 290 Å². The van der Waals surface area contributed by atoms with Crippen LogP contribution in [-0.4, -0.2) is 54.8 Å². The molecule has 0 aliphatic carbocycles. The van der Waals surface area contributed by atoms with Gasteiger partial charge in [-0.05, 0) is 84.7 Å². The van der Waals surface area contributed by atoms with E-state index in [1.807, 2.05) is 87.3 Å². The lowest BCUT2D eigenvalue weighted by Crippen LogP contribution is -2.30. The maximum absolute atomic E-state index is 13.7. The number of rotatable bonds is 10. The number of aryl methyl sites for hydroxylation is 6. The second-order valence-electron chi connectivity index (χ2n) is 13.0. The fourth-order valence-corrected chi connectivity index (χ4v) is 7.02. The molecule has 0 aliphatic heterocycles. The molecule has 0 bridgehead atoms. The van der Waals surface area contributed by atoms with Gasteiger partial charge in [0.25, 0.3) is 11.8 Å². The van der Waals surface area contributed by atoms with Crippen LogP contribution in [0.5, 0.6) is 0 Å². The van der Waals surface area contributed by atoms with Gasteiger partial charge in [0.15, 0.2) is 0 Å². The molecule has 13 heteroatoms. The summed E-state index contributed by atoms with van der Waals surface area (Å²) in [7, 11) is 3.83. The van der Waals surface area contributed by atoms with E-state index in [2.05, 4.69) is 49.2 Å². The lowest BCUT2D eigenvalue weighted by atomic mass is 10.1. The number of hydrogen-bond donors (Lipinski definition) is 1. The highest BCUT2D eigenvalue weighted by atomic mass is 16.3. The predicted molar refractivity (Wildman–Crippen MR) is 191 cm³/mol. The zero-order valence-corrected chi connectivity index (χ0v) is 30.1. The summed E-state index contributed by atoms with van der Waals surface area (Å²) in [5.74, 6) is -0.717. The average molecular weight is 679 g/mol. The van der Waals surface area contributed by atoms with Crippen molar-refractivity contribution in [3.63, 3.8) is 0 Å². The Hall–Kier alpha value is -5.30. The summed E-state index contributed by atoms with van der Waals surface area (Å²) >= 11 is 0. The number of para-hydroxylation sites is 3. The van der Waals surface area contributed by atoms with Crippen LogP contribution in [0.15, 0.2) is 64.6 Å². The summed E-state index contributed by atoms with van der Waals surface area (Å²) in [4.78, 5) is 36.6. The van der Waals surface area contributed by atoms with Crippen LogP contribution < -0.4 is 11.2 Å². The molecule has 0 aliphatic rings. The molecule has 2 atom stereocenters. The van der Waals surface area contributed by atoms with Crippen LogP contribution in [0.2, 0.25) is 0 Å². The van der Waals surface area contributed by atoms with Crippen molar-refractivity contribution in [3.05, 3.63) is 94.2 Å². The number of carbonyl (C=O) groups excluding carboxylic acids is 2. The number of aliphatic hydroxyl groups excluding tert-OH is 1. The van der Waals surface area contributed by atoms with Crippen LogP contribution in [0.4, 0.5) is 0 Å². The molecule has 0 unspecified atom stereocenters. The topological polar surface area (TPSA) is 134 Å². The number of nitrogens with zero attached hydrogens (tertiary/aromatic N) is 10. The van der Waals surface area contributed by atoms with Gasteiger partial charge >= 0.3 is 0 Å². The van der Waals surface area contributed by atoms with Crippen LogP contribution in [0.3, 0.4) is 0 Å². The van der Waals surface area contributed by atoms with Crippen molar-refractivity contribution in [2.24, 2.45) is 24.1 Å². The summed E-state index contributed by atoms with van der Waals surface area (Å²) < 4.78 is 11.4. The molecule has 0 saturated carbocycles. The number of imidazole rings is 2. The monoisotopic (exact) mass is 678 g/mol. The van der Waals surface area contributed by atoms with Crippen LogP contribution >= 0.6 is 0 Å². The van der Waals surface area contributed by atoms with Crippen molar-refractivity contribution in [2.45, 2.75) is 86.2 Å². The van der Waals surface area contributed by atoms with E-state index in [1.54, 1.807) is 21.5 Å². The number of amides is 2. The first-order valence-corrected chi connectivity index (χ1v) is 17.2. The van der Waals surface area contributed by atoms with E-state index < -0.39 is 0 Å². The van der Waals surface area contributed by atoms with Crippen molar-refractivity contribution in [1.82, 2.24) is 37.8 Å². The molecule has 0 spiro atoms. The molecule has 2 amide bonds. The van der Waals surface area contributed by atoms with E-state index in [-0.39, 0.29) is 30.5 Å². The lowest BCUT2D eigenvalue weighted by molar-refractivity contribution is 0.0977. The van der Waals surface area contributed by atoms with Gasteiger partial charge in [0.1, 0.15) is 11.4 Å². The maximum Gasteiger partial charge on any atom is 0.298 e. The predicted octanol–water partition coefficient (Wildman–Crippen LogP) is 4.90. The Morgan fingerprint density at radius 3 is 1.74 bits per heavy atom. The number of aromatic nitrogens is 8. The summed E-state index contributed by atoms with van der Waals surface area (Å²) in [6.07, 6.45) is 1.43. The number of hydrogen-bond acceptors (Lipinski definition) is 5. The first-order valence-electron chi connectivity index (χ1n) is 17.2. The van der Waals surface area contributed by atoms with Gasteiger partial charge in [0.05, 0.1) is 40.1 Å². The van der Waals surface area contributed by atoms with Gasteiger partial charge in [0.2, 0.25) is 11.2 Å². The smallest absolute Gasteiger partial charge is 0.298 e. The molecule has 0 saturated heterocycles. The summed E-state index contributed by atoms with van der Waals surface area (Å²) in [5.41, 5.74) is 7.88. The van der Waals surface area contributed by atoms with Crippen LogP contribution in [0, 0.1) is 13.8 Å². The lowest BCUT2D eigenvalue weighted by Gasteiger charge is -2.20. The molecular weight excluding hydrogens is 632 g/mol. The van der Waals surface area contributed by atoms with Gasteiger partial charge in [-0.1, -0.05) is 24.3 Å². The van der Waals surface area contributed by atoms with Crippen molar-refractivity contribution >= 4 is 33.9 Å². The van der Waals surface area contributed by atoms with Gasteiger partial charge < -0.3 is 23.4 Å². The zero-order chi connectivity index (χ0) is 35.9. The second kappa shape index (κ2) is 13.9. The second-order valence-corrected chi connectivity index (χ2v) is 13.0. The average Bonchev–Trinajstić information content (AvgIpc) is 3.84. The van der Waals surface area contributed by atoms with Gasteiger partial charge in [0, 0.05) is 44.8 Å². The normalized spacial score (nSPS) is 13.9. The fraction of sp³-hybridized carbons (Fsp3) is 0.405. The summed E-state index contributed by atoms with van der Waals surface area (Å²) in [6.45, 7) is 12.9. The van der Waals surface area contributed by atoms with Crippen LogP contribution in [0.1, 0.15) is 90.5 Å². The van der Waals surface area contributed by atoms with Gasteiger partial charge in [-0.25, -0.2) is 0 Å². The van der Waals surface area contributed by atoms with Gasteiger partial charge in [-0.15, -0.1) is 0 Å².